The maximum atomic E-state index is 12.4. The third-order valence-corrected chi connectivity index (χ3v) is 5.30. The van der Waals surface area contributed by atoms with Crippen LogP contribution in [0.1, 0.15) is 24.3 Å². The maximum absolute atomic E-state index is 12.4. The minimum atomic E-state index is -0.397. The van der Waals surface area contributed by atoms with Crippen molar-refractivity contribution in [3.63, 3.8) is 0 Å². The Bertz CT molecular complexity index is 1080. The number of benzene rings is 2. The summed E-state index contributed by atoms with van der Waals surface area (Å²) in [5.74, 6) is -0.163. The topological polar surface area (TPSA) is 113 Å². The molecule has 3 N–H and O–H groups in total. The summed E-state index contributed by atoms with van der Waals surface area (Å²) in [6.07, 6.45) is 2.43. The smallest absolute Gasteiger partial charge is 0.234 e. The van der Waals surface area contributed by atoms with Crippen molar-refractivity contribution in [2.75, 3.05) is 39.6 Å². The lowest BCUT2D eigenvalue weighted by Gasteiger charge is -2.20. The molecule has 31 heavy (non-hydrogen) atoms. The average molecular weight is 426 g/mol. The van der Waals surface area contributed by atoms with Crippen LogP contribution in [0.25, 0.3) is 21.7 Å². The molecule has 2 heterocycles. The zero-order valence-corrected chi connectivity index (χ0v) is 17.2. The Hall–Kier alpha value is -2.94. The molecule has 1 fully saturated rings. The molecule has 8 heteroatoms. The number of nitrogens with two attached hydrogens (primary N) is 1. The molecule has 2 aromatic carbocycles. The fourth-order valence-corrected chi connectivity index (χ4v) is 3.83. The van der Waals surface area contributed by atoms with Crippen molar-refractivity contribution in [2.24, 2.45) is 5.73 Å². The minimum absolute atomic E-state index is 0.229. The number of carbonyl (C=O) groups is 2. The summed E-state index contributed by atoms with van der Waals surface area (Å²) in [7, 11) is 0. The van der Waals surface area contributed by atoms with Crippen molar-refractivity contribution in [1.82, 2.24) is 5.32 Å². The van der Waals surface area contributed by atoms with Gasteiger partial charge in [-0.1, -0.05) is 6.07 Å². The Morgan fingerprint density at radius 3 is 2.65 bits per heavy atom. The highest BCUT2D eigenvalue weighted by Gasteiger charge is 2.30. The van der Waals surface area contributed by atoms with Crippen LogP contribution in [0.2, 0.25) is 0 Å². The van der Waals surface area contributed by atoms with E-state index in [0.717, 1.165) is 27.5 Å². The molecule has 0 aliphatic carbocycles. The monoisotopic (exact) mass is 426 g/mol. The van der Waals surface area contributed by atoms with Crippen LogP contribution in [0.4, 0.5) is 0 Å². The van der Waals surface area contributed by atoms with Crippen molar-refractivity contribution in [1.29, 1.82) is 0 Å². The summed E-state index contributed by atoms with van der Waals surface area (Å²) >= 11 is 0. The highest BCUT2D eigenvalue weighted by atomic mass is 16.5. The predicted octanol–water partition coefficient (Wildman–Crippen LogP) is 2.48. The first-order valence-electron chi connectivity index (χ1n) is 10.4. The molecule has 3 aromatic rings. The summed E-state index contributed by atoms with van der Waals surface area (Å²) in [5, 5.41) is 5.29. The second kappa shape index (κ2) is 9.91. The fraction of sp³-hybridized carbons (Fsp3) is 0.391. The first-order valence-corrected chi connectivity index (χ1v) is 10.4. The maximum Gasteiger partial charge on any atom is 0.234 e. The van der Waals surface area contributed by atoms with Crippen molar-refractivity contribution in [3.05, 3.63) is 42.2 Å². The summed E-state index contributed by atoms with van der Waals surface area (Å²) in [6, 6.07) is 9.68. The number of ether oxygens (including phenoxy) is 3. The lowest BCUT2D eigenvalue weighted by atomic mass is 9.89. The minimum Gasteiger partial charge on any atom is -0.491 e. The van der Waals surface area contributed by atoms with E-state index in [-0.39, 0.29) is 11.8 Å². The second-order valence-electron chi connectivity index (χ2n) is 7.38. The number of fused-ring (bicyclic) bond motifs is 3. The summed E-state index contributed by atoms with van der Waals surface area (Å²) in [6.45, 7) is 2.95. The van der Waals surface area contributed by atoms with Gasteiger partial charge in [0, 0.05) is 23.9 Å². The molecule has 1 unspecified atom stereocenters. The second-order valence-corrected chi connectivity index (χ2v) is 7.38. The number of imide groups is 1. The zero-order valence-electron chi connectivity index (χ0n) is 17.2. The number of piperidine rings is 1. The van der Waals surface area contributed by atoms with Crippen LogP contribution in [-0.4, -0.2) is 51.4 Å². The van der Waals surface area contributed by atoms with Gasteiger partial charge in [-0.25, -0.2) is 0 Å². The summed E-state index contributed by atoms with van der Waals surface area (Å²) in [4.78, 5) is 23.9. The van der Waals surface area contributed by atoms with Crippen molar-refractivity contribution >= 4 is 33.6 Å². The van der Waals surface area contributed by atoms with Gasteiger partial charge in [0.05, 0.1) is 38.6 Å². The van der Waals surface area contributed by atoms with Crippen molar-refractivity contribution in [3.8, 4) is 5.75 Å². The number of hydrogen-bond donors (Lipinski definition) is 2. The largest absolute Gasteiger partial charge is 0.491 e. The third kappa shape index (κ3) is 4.87. The summed E-state index contributed by atoms with van der Waals surface area (Å²) < 4.78 is 22.2. The molecule has 1 aromatic heterocycles. The van der Waals surface area contributed by atoms with E-state index in [2.05, 4.69) is 5.32 Å². The van der Waals surface area contributed by atoms with E-state index in [4.69, 9.17) is 24.4 Å². The van der Waals surface area contributed by atoms with Gasteiger partial charge in [0.15, 0.2) is 0 Å². The van der Waals surface area contributed by atoms with Crippen LogP contribution in [0.3, 0.4) is 0 Å². The highest BCUT2D eigenvalue weighted by Crippen LogP contribution is 2.37. The van der Waals surface area contributed by atoms with Gasteiger partial charge < -0.3 is 24.4 Å². The van der Waals surface area contributed by atoms with Gasteiger partial charge in [-0.2, -0.15) is 0 Å². The van der Waals surface area contributed by atoms with Crippen LogP contribution in [0.15, 0.2) is 41.0 Å². The zero-order chi connectivity index (χ0) is 21.6. The van der Waals surface area contributed by atoms with Crippen LogP contribution < -0.4 is 15.8 Å². The van der Waals surface area contributed by atoms with Gasteiger partial charge in [0.25, 0.3) is 0 Å². The Balaban J connectivity index is 1.45. The fourth-order valence-electron chi connectivity index (χ4n) is 3.83. The molecule has 0 spiro atoms. The molecular formula is C23H26N2O6. The molecule has 1 atom stereocenters. The Morgan fingerprint density at radius 2 is 1.84 bits per heavy atom. The number of hydrogen-bond acceptors (Lipinski definition) is 7. The normalized spacial score (nSPS) is 16.7. The van der Waals surface area contributed by atoms with E-state index in [1.54, 1.807) is 6.26 Å². The number of nitrogens with one attached hydrogen (secondary N) is 1. The molecule has 1 aliphatic rings. The third-order valence-electron chi connectivity index (χ3n) is 5.30. The molecule has 1 saturated heterocycles. The SMILES string of the molecule is NCCOCCOCCOc1ccc2c(ccc3occ(C4CCC(=O)NC4=O)c32)c1. The van der Waals surface area contributed by atoms with E-state index >= 15 is 0 Å². The molecule has 164 valence electrons. The molecule has 0 saturated carbocycles. The van der Waals surface area contributed by atoms with Crippen molar-refractivity contribution < 1.29 is 28.2 Å². The quantitative estimate of drug-likeness (QED) is 0.378. The van der Waals surface area contributed by atoms with E-state index in [1.807, 2.05) is 30.3 Å². The number of rotatable bonds is 10. The predicted molar refractivity (Wildman–Crippen MR) is 115 cm³/mol. The Kier molecular flexibility index (Phi) is 6.81. The molecule has 0 bridgehead atoms. The standard InChI is InChI=1S/C23H26N2O6/c24-7-8-28-9-10-29-11-12-30-16-2-3-17-15(13-16)1-5-20-22(17)19(14-31-20)18-4-6-21(26)25-23(18)27/h1-3,5,13-14,18H,4,6-12,24H2,(H,25,26,27). The Morgan fingerprint density at radius 1 is 1.03 bits per heavy atom. The van der Waals surface area contributed by atoms with E-state index in [0.29, 0.717) is 58.0 Å². The van der Waals surface area contributed by atoms with Crippen LogP contribution in [0.5, 0.6) is 5.75 Å². The Labute approximate surface area is 179 Å². The average Bonchev–Trinajstić information content (AvgIpc) is 3.20. The molecule has 1 aliphatic heterocycles. The number of carbonyl (C=O) groups excluding carboxylic acids is 2. The van der Waals surface area contributed by atoms with E-state index < -0.39 is 5.92 Å². The molecule has 4 rings (SSSR count). The van der Waals surface area contributed by atoms with Gasteiger partial charge in [-0.3, -0.25) is 14.9 Å². The van der Waals surface area contributed by atoms with Gasteiger partial charge >= 0.3 is 0 Å². The van der Waals surface area contributed by atoms with Gasteiger partial charge in [-0.15, -0.1) is 0 Å². The van der Waals surface area contributed by atoms with Gasteiger partial charge in [0.2, 0.25) is 11.8 Å². The number of furan rings is 1. The van der Waals surface area contributed by atoms with Gasteiger partial charge in [-0.05, 0) is 41.5 Å². The molecule has 0 radical (unpaired) electrons. The van der Waals surface area contributed by atoms with Crippen LogP contribution in [-0.2, 0) is 19.1 Å². The van der Waals surface area contributed by atoms with Crippen LogP contribution >= 0.6 is 0 Å². The first kappa shape index (κ1) is 21.3. The highest BCUT2D eigenvalue weighted by molar-refractivity contribution is 6.10. The lowest BCUT2D eigenvalue weighted by molar-refractivity contribution is -0.134. The molecule has 2 amide bonds. The molecule has 8 nitrogen and oxygen atoms in total. The molecular weight excluding hydrogens is 400 g/mol. The van der Waals surface area contributed by atoms with Crippen molar-refractivity contribution in [2.45, 2.75) is 18.8 Å². The number of amides is 2. The van der Waals surface area contributed by atoms with E-state index in [1.165, 1.54) is 0 Å². The lowest BCUT2D eigenvalue weighted by Crippen LogP contribution is -2.39. The summed E-state index contributed by atoms with van der Waals surface area (Å²) in [5.41, 5.74) is 6.88. The first-order chi connectivity index (χ1) is 15.2. The van der Waals surface area contributed by atoms with Gasteiger partial charge in [0.1, 0.15) is 17.9 Å². The van der Waals surface area contributed by atoms with Crippen LogP contribution in [0, 0.1) is 0 Å². The van der Waals surface area contributed by atoms with E-state index in [9.17, 15) is 9.59 Å².